The molecule has 2 aromatic carbocycles. The first-order valence-electron chi connectivity index (χ1n) is 10.2. The smallest absolute Gasteiger partial charge is 0.290 e. The molecule has 0 bridgehead atoms. The zero-order valence-corrected chi connectivity index (χ0v) is 18.2. The van der Waals surface area contributed by atoms with Gasteiger partial charge in [0.15, 0.2) is 5.43 Å². The molecule has 4 rings (SSSR count). The van der Waals surface area contributed by atoms with Gasteiger partial charge in [-0.05, 0) is 45.3 Å². The Labute approximate surface area is 180 Å². The number of fused-ring (bicyclic) bond motifs is 2. The summed E-state index contributed by atoms with van der Waals surface area (Å²) in [7, 11) is 7.11. The van der Waals surface area contributed by atoms with Gasteiger partial charge in [-0.25, -0.2) is 0 Å². The Balaban J connectivity index is 1.91. The molecule has 0 unspecified atom stereocenters. The molecule has 1 aliphatic rings. The maximum absolute atomic E-state index is 13.5. The molecule has 0 saturated carbocycles. The van der Waals surface area contributed by atoms with Gasteiger partial charge in [0.2, 0.25) is 5.76 Å². The zero-order valence-electron chi connectivity index (χ0n) is 18.2. The summed E-state index contributed by atoms with van der Waals surface area (Å²) < 4.78 is 16.8. The van der Waals surface area contributed by atoms with Crippen LogP contribution in [0.4, 0.5) is 0 Å². The molecule has 1 aliphatic heterocycles. The van der Waals surface area contributed by atoms with E-state index < -0.39 is 6.04 Å². The van der Waals surface area contributed by atoms with E-state index >= 15 is 0 Å². The highest BCUT2D eigenvalue weighted by Gasteiger charge is 2.43. The minimum atomic E-state index is -0.566. The molecule has 0 spiro atoms. The number of methoxy groups -OCH3 is 2. The van der Waals surface area contributed by atoms with Gasteiger partial charge < -0.3 is 23.7 Å². The van der Waals surface area contributed by atoms with Gasteiger partial charge in [0.05, 0.1) is 31.2 Å². The molecular formula is C24H26N2O5. The second-order valence-corrected chi connectivity index (χ2v) is 7.84. The number of carbonyl (C=O) groups is 1. The first-order valence-corrected chi connectivity index (χ1v) is 10.2. The van der Waals surface area contributed by atoms with Crippen molar-refractivity contribution in [1.82, 2.24) is 9.80 Å². The fraction of sp³-hybridized carbons (Fsp3) is 0.333. The van der Waals surface area contributed by atoms with Crippen LogP contribution in [0, 0.1) is 0 Å². The lowest BCUT2D eigenvalue weighted by molar-refractivity contribution is 0.0721. The summed E-state index contributed by atoms with van der Waals surface area (Å²) in [4.78, 5) is 30.7. The van der Waals surface area contributed by atoms with Gasteiger partial charge in [0.1, 0.15) is 17.1 Å². The molecule has 7 nitrogen and oxygen atoms in total. The van der Waals surface area contributed by atoms with Gasteiger partial charge in [-0.2, -0.15) is 0 Å². The van der Waals surface area contributed by atoms with E-state index in [4.69, 9.17) is 13.9 Å². The van der Waals surface area contributed by atoms with E-state index in [-0.39, 0.29) is 17.1 Å². The number of hydrogen-bond acceptors (Lipinski definition) is 6. The Bertz CT molecular complexity index is 1180. The fourth-order valence-electron chi connectivity index (χ4n) is 4.13. The Morgan fingerprint density at radius 3 is 2.55 bits per heavy atom. The van der Waals surface area contributed by atoms with E-state index in [9.17, 15) is 9.59 Å². The normalized spacial score (nSPS) is 15.6. The van der Waals surface area contributed by atoms with Crippen LogP contribution in [-0.2, 0) is 0 Å². The van der Waals surface area contributed by atoms with Crippen molar-refractivity contribution in [2.75, 3.05) is 41.4 Å². The predicted molar refractivity (Wildman–Crippen MR) is 118 cm³/mol. The van der Waals surface area contributed by atoms with Crippen molar-refractivity contribution in [3.8, 4) is 11.5 Å². The third-order valence-electron chi connectivity index (χ3n) is 5.61. The molecule has 1 atom stereocenters. The number of amides is 1. The van der Waals surface area contributed by atoms with E-state index in [0.717, 1.165) is 18.5 Å². The number of nitrogens with zero attached hydrogens (tertiary/aromatic N) is 2. The second kappa shape index (κ2) is 8.43. The Morgan fingerprint density at radius 1 is 1.06 bits per heavy atom. The van der Waals surface area contributed by atoms with E-state index in [0.29, 0.717) is 34.6 Å². The van der Waals surface area contributed by atoms with Crippen LogP contribution in [0.2, 0.25) is 0 Å². The van der Waals surface area contributed by atoms with Crippen molar-refractivity contribution in [3.05, 3.63) is 69.6 Å². The Hall–Kier alpha value is -3.32. The standard InChI is InChI=1S/C24H26N2O5/c1-25(2)12-7-13-26-21(16-8-5-6-9-18(16)30-4)20-22(27)17-11-10-15(29-3)14-19(17)31-23(20)24(26)28/h5-6,8-11,14,21H,7,12-13H2,1-4H3/t21-/m1/s1. The van der Waals surface area contributed by atoms with Gasteiger partial charge in [-0.15, -0.1) is 0 Å². The molecule has 0 aliphatic carbocycles. The van der Waals surface area contributed by atoms with Crippen LogP contribution in [0.15, 0.2) is 51.7 Å². The third-order valence-corrected chi connectivity index (χ3v) is 5.61. The molecule has 0 saturated heterocycles. The van der Waals surface area contributed by atoms with E-state index in [1.54, 1.807) is 37.3 Å². The Kier molecular flexibility index (Phi) is 5.69. The average Bonchev–Trinajstić information content (AvgIpc) is 3.05. The molecule has 1 aromatic heterocycles. The van der Waals surface area contributed by atoms with Crippen LogP contribution in [-0.4, -0.2) is 57.1 Å². The van der Waals surface area contributed by atoms with Crippen LogP contribution < -0.4 is 14.9 Å². The van der Waals surface area contributed by atoms with E-state index in [1.807, 2.05) is 38.4 Å². The summed E-state index contributed by atoms with van der Waals surface area (Å²) in [6.07, 6.45) is 0.764. The highest BCUT2D eigenvalue weighted by molar-refractivity contribution is 5.99. The fourth-order valence-corrected chi connectivity index (χ4v) is 4.13. The number of para-hydroxylation sites is 1. The van der Waals surface area contributed by atoms with Crippen molar-refractivity contribution in [2.24, 2.45) is 0 Å². The van der Waals surface area contributed by atoms with Gasteiger partial charge in [-0.1, -0.05) is 18.2 Å². The first-order chi connectivity index (χ1) is 15.0. The van der Waals surface area contributed by atoms with Gasteiger partial charge in [-0.3, -0.25) is 9.59 Å². The molecule has 0 radical (unpaired) electrons. The maximum atomic E-state index is 13.5. The lowest BCUT2D eigenvalue weighted by Crippen LogP contribution is -2.32. The quantitative estimate of drug-likeness (QED) is 0.582. The van der Waals surface area contributed by atoms with Gasteiger partial charge in [0.25, 0.3) is 5.91 Å². The molecule has 0 fully saturated rings. The number of hydrogen-bond donors (Lipinski definition) is 0. The number of benzene rings is 2. The second-order valence-electron chi connectivity index (χ2n) is 7.84. The number of ether oxygens (including phenoxy) is 2. The molecule has 31 heavy (non-hydrogen) atoms. The maximum Gasteiger partial charge on any atom is 0.290 e. The summed E-state index contributed by atoms with van der Waals surface area (Å²) in [5.74, 6) is 0.989. The Morgan fingerprint density at radius 2 is 1.84 bits per heavy atom. The minimum Gasteiger partial charge on any atom is -0.497 e. The summed E-state index contributed by atoms with van der Waals surface area (Å²) in [6.45, 7) is 1.31. The van der Waals surface area contributed by atoms with Crippen LogP contribution in [0.25, 0.3) is 11.0 Å². The first kappa shape index (κ1) is 20.9. The van der Waals surface area contributed by atoms with E-state index in [1.165, 1.54) is 0 Å². The topological polar surface area (TPSA) is 72.2 Å². The van der Waals surface area contributed by atoms with Gasteiger partial charge in [0, 0.05) is 18.2 Å². The molecule has 2 heterocycles. The largest absolute Gasteiger partial charge is 0.497 e. The molecule has 3 aromatic rings. The summed E-state index contributed by atoms with van der Waals surface area (Å²) in [5.41, 5.74) is 1.25. The van der Waals surface area contributed by atoms with Gasteiger partial charge >= 0.3 is 0 Å². The highest BCUT2D eigenvalue weighted by atomic mass is 16.5. The van der Waals surface area contributed by atoms with Crippen LogP contribution >= 0.6 is 0 Å². The van der Waals surface area contributed by atoms with Crippen molar-refractivity contribution in [3.63, 3.8) is 0 Å². The lowest BCUT2D eigenvalue weighted by atomic mass is 9.97. The van der Waals surface area contributed by atoms with Crippen LogP contribution in [0.3, 0.4) is 0 Å². The van der Waals surface area contributed by atoms with Crippen molar-refractivity contribution < 1.29 is 18.7 Å². The monoisotopic (exact) mass is 422 g/mol. The molecular weight excluding hydrogens is 396 g/mol. The molecule has 1 amide bonds. The summed E-state index contributed by atoms with van der Waals surface area (Å²) in [6, 6.07) is 11.9. The highest BCUT2D eigenvalue weighted by Crippen LogP contribution is 2.41. The molecule has 162 valence electrons. The van der Waals surface area contributed by atoms with Crippen LogP contribution in [0.5, 0.6) is 11.5 Å². The molecule has 0 N–H and O–H groups in total. The SMILES string of the molecule is COc1ccc2c(=O)c3c(oc2c1)C(=O)N(CCCN(C)C)[C@@H]3c1ccccc1OC. The van der Waals surface area contributed by atoms with Crippen molar-refractivity contribution in [1.29, 1.82) is 0 Å². The average molecular weight is 422 g/mol. The third kappa shape index (κ3) is 3.65. The predicted octanol–water partition coefficient (Wildman–Crippen LogP) is 3.31. The van der Waals surface area contributed by atoms with Crippen molar-refractivity contribution in [2.45, 2.75) is 12.5 Å². The number of rotatable bonds is 7. The minimum absolute atomic E-state index is 0.0894. The van der Waals surface area contributed by atoms with Crippen molar-refractivity contribution >= 4 is 16.9 Å². The molecule has 7 heteroatoms. The zero-order chi connectivity index (χ0) is 22.1. The summed E-state index contributed by atoms with van der Waals surface area (Å²) in [5, 5.41) is 0.419. The van der Waals surface area contributed by atoms with Crippen LogP contribution in [0.1, 0.15) is 34.1 Å². The number of carbonyl (C=O) groups excluding carboxylic acids is 1. The van der Waals surface area contributed by atoms with E-state index in [2.05, 4.69) is 4.90 Å². The lowest BCUT2D eigenvalue weighted by Gasteiger charge is -2.26. The summed E-state index contributed by atoms with van der Waals surface area (Å²) >= 11 is 0.